The largest absolute Gasteiger partial charge is 0.476 e. The maximum Gasteiger partial charge on any atom is 0.356 e. The summed E-state index contributed by atoms with van der Waals surface area (Å²) in [6.07, 6.45) is 4.40. The highest BCUT2D eigenvalue weighted by atomic mass is 16.4. The van der Waals surface area contributed by atoms with Gasteiger partial charge in [0.15, 0.2) is 5.69 Å². The van der Waals surface area contributed by atoms with Crippen molar-refractivity contribution in [1.29, 1.82) is 0 Å². The third kappa shape index (κ3) is 3.05. The Morgan fingerprint density at radius 2 is 1.70 bits per heavy atom. The van der Waals surface area contributed by atoms with Crippen LogP contribution in [0.15, 0.2) is 18.7 Å². The predicted octanol–water partition coefficient (Wildman–Crippen LogP) is 0.908. The third-order valence-electron chi connectivity index (χ3n) is 4.07. The number of aryl methyl sites for hydroxylation is 1. The van der Waals surface area contributed by atoms with Crippen molar-refractivity contribution in [2.24, 2.45) is 0 Å². The molecule has 0 bridgehead atoms. The second-order valence-corrected chi connectivity index (χ2v) is 5.45. The lowest BCUT2D eigenvalue weighted by molar-refractivity contribution is 0.0690. The summed E-state index contributed by atoms with van der Waals surface area (Å²) in [5.41, 5.74) is 2.05. The number of hydrogen-bond donors (Lipinski definition) is 1. The van der Waals surface area contributed by atoms with Crippen molar-refractivity contribution in [1.82, 2.24) is 19.9 Å². The van der Waals surface area contributed by atoms with E-state index in [0.717, 1.165) is 43.3 Å². The van der Waals surface area contributed by atoms with Gasteiger partial charge in [0.1, 0.15) is 18.0 Å². The lowest BCUT2D eigenvalue weighted by Gasteiger charge is -2.36. The number of anilines is 2. The Labute approximate surface area is 133 Å². The van der Waals surface area contributed by atoms with Crippen molar-refractivity contribution < 1.29 is 9.90 Å². The van der Waals surface area contributed by atoms with Gasteiger partial charge in [-0.05, 0) is 13.8 Å². The van der Waals surface area contributed by atoms with Gasteiger partial charge in [0.25, 0.3) is 0 Å². The van der Waals surface area contributed by atoms with Crippen molar-refractivity contribution >= 4 is 17.6 Å². The van der Waals surface area contributed by atoms with Crippen LogP contribution in [0.4, 0.5) is 11.6 Å². The van der Waals surface area contributed by atoms with Gasteiger partial charge < -0.3 is 14.9 Å². The Morgan fingerprint density at radius 1 is 1.00 bits per heavy atom. The third-order valence-corrected chi connectivity index (χ3v) is 4.07. The van der Waals surface area contributed by atoms with Gasteiger partial charge in [-0.2, -0.15) is 0 Å². The van der Waals surface area contributed by atoms with Crippen LogP contribution in [-0.4, -0.2) is 57.2 Å². The molecule has 3 rings (SSSR count). The minimum Gasteiger partial charge on any atom is -0.476 e. The van der Waals surface area contributed by atoms with Gasteiger partial charge in [0.05, 0.1) is 12.4 Å². The number of carboxylic acid groups (broad SMARTS) is 1. The standard InChI is InChI=1S/C15H18N6O2/c1-10-11(2)18-9-19-14(10)21-5-3-20(4-6-21)13-8-16-12(7-17-13)15(22)23/h7-9H,3-6H2,1-2H3,(H,22,23). The van der Waals surface area contributed by atoms with E-state index in [1.807, 2.05) is 13.8 Å². The van der Waals surface area contributed by atoms with E-state index in [-0.39, 0.29) is 5.69 Å². The predicted molar refractivity (Wildman–Crippen MR) is 84.9 cm³/mol. The van der Waals surface area contributed by atoms with Gasteiger partial charge >= 0.3 is 5.97 Å². The summed E-state index contributed by atoms with van der Waals surface area (Å²) in [5.74, 6) is 0.609. The highest BCUT2D eigenvalue weighted by molar-refractivity contribution is 5.84. The molecule has 0 amide bonds. The molecule has 120 valence electrons. The molecule has 1 aliphatic rings. The van der Waals surface area contributed by atoms with E-state index in [9.17, 15) is 4.79 Å². The Bertz CT molecular complexity index is 710. The molecule has 1 N–H and O–H groups in total. The summed E-state index contributed by atoms with van der Waals surface area (Å²) >= 11 is 0. The van der Waals surface area contributed by atoms with Crippen molar-refractivity contribution in [3.05, 3.63) is 35.7 Å². The number of rotatable bonds is 3. The molecule has 3 heterocycles. The zero-order chi connectivity index (χ0) is 16.4. The van der Waals surface area contributed by atoms with Crippen molar-refractivity contribution in [2.75, 3.05) is 36.0 Å². The SMILES string of the molecule is Cc1ncnc(N2CCN(c3cnc(C(=O)O)cn3)CC2)c1C. The van der Waals surface area contributed by atoms with Crippen LogP contribution in [0.2, 0.25) is 0 Å². The number of piperazine rings is 1. The molecule has 1 fully saturated rings. The molecule has 0 spiro atoms. The maximum absolute atomic E-state index is 10.8. The van der Waals surface area contributed by atoms with Crippen LogP contribution in [-0.2, 0) is 0 Å². The Balaban J connectivity index is 1.68. The van der Waals surface area contributed by atoms with E-state index in [1.165, 1.54) is 12.4 Å². The number of aromatic carboxylic acids is 1. The fourth-order valence-corrected chi connectivity index (χ4v) is 2.59. The molecule has 0 saturated carbocycles. The Morgan fingerprint density at radius 3 is 2.30 bits per heavy atom. The highest BCUT2D eigenvalue weighted by Gasteiger charge is 2.21. The minimum absolute atomic E-state index is 0.0422. The first-order chi connectivity index (χ1) is 11.1. The summed E-state index contributed by atoms with van der Waals surface area (Å²) in [6, 6.07) is 0. The van der Waals surface area contributed by atoms with Gasteiger partial charge in [-0.15, -0.1) is 0 Å². The molecule has 0 atom stereocenters. The molecule has 8 nitrogen and oxygen atoms in total. The molecule has 2 aromatic heterocycles. The van der Waals surface area contributed by atoms with Crippen molar-refractivity contribution in [2.45, 2.75) is 13.8 Å². The summed E-state index contributed by atoms with van der Waals surface area (Å²) in [6.45, 7) is 7.22. The van der Waals surface area contributed by atoms with Gasteiger partial charge in [0, 0.05) is 37.4 Å². The van der Waals surface area contributed by atoms with Crippen molar-refractivity contribution in [3.8, 4) is 0 Å². The molecular weight excluding hydrogens is 296 g/mol. The fourth-order valence-electron chi connectivity index (χ4n) is 2.59. The second kappa shape index (κ2) is 6.15. The monoisotopic (exact) mass is 314 g/mol. The number of carbonyl (C=O) groups is 1. The molecular formula is C15H18N6O2. The van der Waals surface area contributed by atoms with Gasteiger partial charge in [-0.25, -0.2) is 24.7 Å². The Kier molecular flexibility index (Phi) is 4.05. The van der Waals surface area contributed by atoms with Gasteiger partial charge in [-0.3, -0.25) is 0 Å². The molecule has 23 heavy (non-hydrogen) atoms. The molecule has 0 unspecified atom stereocenters. The summed E-state index contributed by atoms with van der Waals surface area (Å²) in [4.78, 5) is 31.9. The van der Waals surface area contributed by atoms with Gasteiger partial charge in [-0.1, -0.05) is 0 Å². The van der Waals surface area contributed by atoms with Crippen LogP contribution >= 0.6 is 0 Å². The fraction of sp³-hybridized carbons (Fsp3) is 0.400. The summed E-state index contributed by atoms with van der Waals surface area (Å²) < 4.78 is 0. The molecule has 0 radical (unpaired) electrons. The van der Waals surface area contributed by atoms with Crippen LogP contribution in [0.1, 0.15) is 21.7 Å². The number of nitrogens with zero attached hydrogens (tertiary/aromatic N) is 6. The van der Waals surface area contributed by atoms with Crippen molar-refractivity contribution in [3.63, 3.8) is 0 Å². The smallest absolute Gasteiger partial charge is 0.356 e. The van der Waals surface area contributed by atoms with Crippen LogP contribution in [0.25, 0.3) is 0 Å². The first-order valence-electron chi connectivity index (χ1n) is 7.39. The zero-order valence-electron chi connectivity index (χ0n) is 13.1. The highest BCUT2D eigenvalue weighted by Crippen LogP contribution is 2.21. The molecule has 0 aliphatic carbocycles. The normalized spacial score (nSPS) is 14.9. The molecule has 0 aromatic carbocycles. The lowest BCUT2D eigenvalue weighted by Crippen LogP contribution is -2.47. The lowest BCUT2D eigenvalue weighted by atomic mass is 10.2. The summed E-state index contributed by atoms with van der Waals surface area (Å²) in [5, 5.41) is 8.86. The minimum atomic E-state index is -1.07. The van der Waals surface area contributed by atoms with Crippen LogP contribution in [0, 0.1) is 13.8 Å². The first kappa shape index (κ1) is 15.1. The van der Waals surface area contributed by atoms with Crippen LogP contribution < -0.4 is 9.80 Å². The van der Waals surface area contributed by atoms with E-state index in [4.69, 9.17) is 5.11 Å². The molecule has 1 saturated heterocycles. The quantitative estimate of drug-likeness (QED) is 0.893. The molecule has 1 aliphatic heterocycles. The topological polar surface area (TPSA) is 95.3 Å². The van der Waals surface area contributed by atoms with Gasteiger partial charge in [0.2, 0.25) is 0 Å². The number of aromatic nitrogens is 4. The van der Waals surface area contributed by atoms with E-state index in [1.54, 1.807) is 6.33 Å². The van der Waals surface area contributed by atoms with E-state index in [0.29, 0.717) is 5.82 Å². The molecule has 8 heteroatoms. The first-order valence-corrected chi connectivity index (χ1v) is 7.39. The summed E-state index contributed by atoms with van der Waals surface area (Å²) in [7, 11) is 0. The number of hydrogen-bond acceptors (Lipinski definition) is 7. The second-order valence-electron chi connectivity index (χ2n) is 5.45. The maximum atomic E-state index is 10.8. The van der Waals surface area contributed by atoms with Crippen LogP contribution in [0.5, 0.6) is 0 Å². The van der Waals surface area contributed by atoms with E-state index < -0.39 is 5.97 Å². The average molecular weight is 314 g/mol. The van der Waals surface area contributed by atoms with E-state index >= 15 is 0 Å². The number of carboxylic acids is 1. The van der Waals surface area contributed by atoms with Crippen LogP contribution in [0.3, 0.4) is 0 Å². The van der Waals surface area contributed by atoms with E-state index in [2.05, 4.69) is 29.7 Å². The zero-order valence-corrected chi connectivity index (χ0v) is 13.1. The molecule has 2 aromatic rings. The average Bonchev–Trinajstić information content (AvgIpc) is 2.58. The Hall–Kier alpha value is -2.77.